The monoisotopic (exact) mass is 282 g/mol. The second-order valence-electron chi connectivity index (χ2n) is 5.26. The van der Waals surface area contributed by atoms with E-state index < -0.39 is 0 Å². The average molecular weight is 282 g/mol. The summed E-state index contributed by atoms with van der Waals surface area (Å²) in [5.74, 6) is 1.27. The van der Waals surface area contributed by atoms with E-state index in [1.54, 1.807) is 0 Å². The third kappa shape index (κ3) is 2.54. The van der Waals surface area contributed by atoms with E-state index in [0.29, 0.717) is 5.95 Å². The molecule has 0 radical (unpaired) electrons. The number of imidazole rings is 1. The minimum absolute atomic E-state index is 0.152. The van der Waals surface area contributed by atoms with Gasteiger partial charge in [-0.15, -0.1) is 0 Å². The average Bonchev–Trinajstić information content (AvgIpc) is 2.74. The number of nitrogens with zero attached hydrogens (tertiary/aromatic N) is 3. The van der Waals surface area contributed by atoms with Crippen LogP contribution < -0.4 is 10.5 Å². The number of fused-ring (bicyclic) bond motifs is 1. The number of benzene rings is 1. The lowest BCUT2D eigenvalue weighted by atomic mass is 10.3. The first-order valence-corrected chi connectivity index (χ1v) is 6.93. The molecular weight excluding hydrogens is 264 g/mol. The molecule has 2 N–H and O–H groups in total. The topological polar surface area (TPSA) is 66.0 Å². The first-order valence-electron chi connectivity index (χ1n) is 6.93. The number of hydrogen-bond acceptors (Lipinski definition) is 4. The number of aryl methyl sites for hydroxylation is 1. The van der Waals surface area contributed by atoms with Gasteiger partial charge in [-0.2, -0.15) is 0 Å². The maximum atomic E-state index is 6.03. The normalized spacial score (nSPS) is 11.2. The van der Waals surface area contributed by atoms with Crippen LogP contribution in [-0.4, -0.2) is 20.6 Å². The fourth-order valence-corrected chi connectivity index (χ4v) is 2.27. The third-order valence-electron chi connectivity index (χ3n) is 3.14. The molecule has 2 heterocycles. The second kappa shape index (κ2) is 5.09. The van der Waals surface area contributed by atoms with E-state index in [2.05, 4.69) is 9.97 Å². The van der Waals surface area contributed by atoms with Crippen molar-refractivity contribution in [2.45, 2.75) is 26.9 Å². The number of pyridine rings is 1. The molecule has 0 atom stereocenters. The van der Waals surface area contributed by atoms with Crippen LogP contribution in [0.5, 0.6) is 5.75 Å². The van der Waals surface area contributed by atoms with Crippen LogP contribution in [0.25, 0.3) is 16.9 Å². The predicted molar refractivity (Wildman–Crippen MR) is 83.8 cm³/mol. The molecule has 3 aromatic rings. The van der Waals surface area contributed by atoms with Crippen molar-refractivity contribution in [3.63, 3.8) is 0 Å². The molecule has 0 saturated heterocycles. The molecule has 108 valence electrons. The van der Waals surface area contributed by atoms with Crippen molar-refractivity contribution >= 4 is 17.1 Å². The SMILES string of the molecule is Cc1ccc2nc(N)n(-c3ccc(OC(C)C)cc3)c2n1. The Balaban J connectivity index is 2.07. The lowest BCUT2D eigenvalue weighted by Crippen LogP contribution is -2.06. The van der Waals surface area contributed by atoms with Gasteiger partial charge in [-0.25, -0.2) is 9.97 Å². The molecular formula is C16H18N4O. The largest absolute Gasteiger partial charge is 0.491 e. The van der Waals surface area contributed by atoms with Gasteiger partial charge in [0.25, 0.3) is 0 Å². The molecule has 3 rings (SSSR count). The molecule has 0 spiro atoms. The van der Waals surface area contributed by atoms with Crippen molar-refractivity contribution in [1.29, 1.82) is 0 Å². The van der Waals surface area contributed by atoms with Gasteiger partial charge >= 0.3 is 0 Å². The lowest BCUT2D eigenvalue weighted by molar-refractivity contribution is 0.242. The van der Waals surface area contributed by atoms with E-state index in [1.165, 1.54) is 0 Å². The quantitative estimate of drug-likeness (QED) is 0.801. The van der Waals surface area contributed by atoms with Crippen molar-refractivity contribution in [1.82, 2.24) is 14.5 Å². The summed E-state index contributed by atoms with van der Waals surface area (Å²) in [5.41, 5.74) is 9.45. The molecule has 5 heteroatoms. The molecule has 1 aromatic carbocycles. The summed E-state index contributed by atoms with van der Waals surface area (Å²) >= 11 is 0. The second-order valence-corrected chi connectivity index (χ2v) is 5.26. The van der Waals surface area contributed by atoms with Gasteiger partial charge in [0.05, 0.1) is 11.8 Å². The van der Waals surface area contributed by atoms with Crippen LogP contribution in [0.3, 0.4) is 0 Å². The Morgan fingerprint density at radius 1 is 1.05 bits per heavy atom. The van der Waals surface area contributed by atoms with Crippen LogP contribution in [0.2, 0.25) is 0 Å². The number of nitrogens with two attached hydrogens (primary N) is 1. The molecule has 5 nitrogen and oxygen atoms in total. The highest BCUT2D eigenvalue weighted by atomic mass is 16.5. The zero-order valence-electron chi connectivity index (χ0n) is 12.4. The van der Waals surface area contributed by atoms with Gasteiger partial charge in [0, 0.05) is 5.69 Å². The van der Waals surface area contributed by atoms with Crippen LogP contribution in [0.4, 0.5) is 5.95 Å². The summed E-state index contributed by atoms with van der Waals surface area (Å²) < 4.78 is 7.50. The van der Waals surface area contributed by atoms with Crippen LogP contribution in [0.15, 0.2) is 36.4 Å². The first-order chi connectivity index (χ1) is 10.0. The molecule has 0 amide bonds. The summed E-state index contributed by atoms with van der Waals surface area (Å²) in [7, 11) is 0. The molecule has 0 aliphatic heterocycles. The van der Waals surface area contributed by atoms with Gasteiger partial charge in [0.15, 0.2) is 5.65 Å². The Morgan fingerprint density at radius 3 is 2.43 bits per heavy atom. The Hall–Kier alpha value is -2.56. The van der Waals surface area contributed by atoms with Crippen LogP contribution >= 0.6 is 0 Å². The van der Waals surface area contributed by atoms with E-state index in [1.807, 2.05) is 61.7 Å². The smallest absolute Gasteiger partial charge is 0.207 e. The molecule has 0 unspecified atom stereocenters. The summed E-state index contributed by atoms with van der Waals surface area (Å²) in [6.07, 6.45) is 0.152. The van der Waals surface area contributed by atoms with Crippen molar-refractivity contribution < 1.29 is 4.74 Å². The fraction of sp³-hybridized carbons (Fsp3) is 0.250. The summed E-state index contributed by atoms with van der Waals surface area (Å²) in [5, 5.41) is 0. The number of nitrogen functional groups attached to an aromatic ring is 1. The summed E-state index contributed by atoms with van der Waals surface area (Å²) in [4.78, 5) is 8.88. The minimum Gasteiger partial charge on any atom is -0.491 e. The highest BCUT2D eigenvalue weighted by Gasteiger charge is 2.11. The molecule has 0 aliphatic carbocycles. The van der Waals surface area contributed by atoms with Gasteiger partial charge in [-0.3, -0.25) is 4.57 Å². The van der Waals surface area contributed by atoms with Gasteiger partial charge in [-0.05, 0) is 57.2 Å². The third-order valence-corrected chi connectivity index (χ3v) is 3.14. The van der Waals surface area contributed by atoms with Gasteiger partial charge in [0.2, 0.25) is 5.95 Å². The van der Waals surface area contributed by atoms with Gasteiger partial charge in [0.1, 0.15) is 11.3 Å². The number of aromatic nitrogens is 3. The van der Waals surface area contributed by atoms with Crippen molar-refractivity contribution in [3.8, 4) is 11.4 Å². The summed E-state index contributed by atoms with van der Waals surface area (Å²) in [6, 6.07) is 11.6. The number of anilines is 1. The maximum absolute atomic E-state index is 6.03. The van der Waals surface area contributed by atoms with E-state index in [9.17, 15) is 0 Å². The zero-order valence-corrected chi connectivity index (χ0v) is 12.4. The molecule has 21 heavy (non-hydrogen) atoms. The van der Waals surface area contributed by atoms with Crippen molar-refractivity contribution in [2.75, 3.05) is 5.73 Å². The Bertz CT molecular complexity index is 775. The van der Waals surface area contributed by atoms with Crippen LogP contribution in [0, 0.1) is 6.92 Å². The van der Waals surface area contributed by atoms with Gasteiger partial charge in [-0.1, -0.05) is 0 Å². The Morgan fingerprint density at radius 2 is 1.76 bits per heavy atom. The molecule has 0 bridgehead atoms. The fourth-order valence-electron chi connectivity index (χ4n) is 2.27. The van der Waals surface area contributed by atoms with E-state index in [0.717, 1.165) is 28.3 Å². The molecule has 2 aromatic heterocycles. The lowest BCUT2D eigenvalue weighted by Gasteiger charge is -2.11. The zero-order chi connectivity index (χ0) is 15.0. The van der Waals surface area contributed by atoms with E-state index in [4.69, 9.17) is 10.5 Å². The molecule has 0 aliphatic rings. The van der Waals surface area contributed by atoms with Crippen LogP contribution in [0.1, 0.15) is 19.5 Å². The highest BCUT2D eigenvalue weighted by Crippen LogP contribution is 2.23. The number of hydrogen-bond donors (Lipinski definition) is 1. The summed E-state index contributed by atoms with van der Waals surface area (Å²) in [6.45, 7) is 5.95. The number of ether oxygens (including phenoxy) is 1. The first kappa shape index (κ1) is 13.4. The van der Waals surface area contributed by atoms with E-state index in [-0.39, 0.29) is 6.10 Å². The standard InChI is InChI=1S/C16H18N4O/c1-10(2)21-13-7-5-12(6-8-13)20-15-14(19-16(20)17)9-4-11(3)18-15/h4-10H,1-3H3,(H2,17,19). The van der Waals surface area contributed by atoms with Crippen LogP contribution in [-0.2, 0) is 0 Å². The van der Waals surface area contributed by atoms with Gasteiger partial charge < -0.3 is 10.5 Å². The Labute approximate surface area is 123 Å². The number of rotatable bonds is 3. The van der Waals surface area contributed by atoms with Crippen molar-refractivity contribution in [3.05, 3.63) is 42.1 Å². The minimum atomic E-state index is 0.152. The Kier molecular flexibility index (Phi) is 3.25. The maximum Gasteiger partial charge on any atom is 0.207 e. The molecule has 0 fully saturated rings. The van der Waals surface area contributed by atoms with E-state index >= 15 is 0 Å². The predicted octanol–water partition coefficient (Wildman–Crippen LogP) is 3.10. The molecule has 0 saturated carbocycles. The van der Waals surface area contributed by atoms with Crippen molar-refractivity contribution in [2.24, 2.45) is 0 Å². The highest BCUT2D eigenvalue weighted by molar-refractivity contribution is 5.77.